The molecular formula is C21H26N6O2S. The van der Waals surface area contributed by atoms with Crippen molar-refractivity contribution in [1.29, 1.82) is 0 Å². The zero-order valence-electron chi connectivity index (χ0n) is 16.8. The van der Waals surface area contributed by atoms with Gasteiger partial charge in [0.1, 0.15) is 17.4 Å². The second-order valence-electron chi connectivity index (χ2n) is 6.79. The zero-order valence-corrected chi connectivity index (χ0v) is 17.6. The average molecular weight is 427 g/mol. The number of ether oxygens (including phenoxy) is 2. The molecule has 1 aliphatic rings. The molecule has 0 bridgehead atoms. The summed E-state index contributed by atoms with van der Waals surface area (Å²) in [7, 11) is 0. The van der Waals surface area contributed by atoms with Gasteiger partial charge < -0.3 is 20.1 Å². The molecule has 0 aliphatic carbocycles. The minimum Gasteiger partial charge on any atom is -0.368 e. The normalized spacial score (nSPS) is 13.3. The topological polar surface area (TPSA) is 93.2 Å². The van der Waals surface area contributed by atoms with Crippen LogP contribution in [0.5, 0.6) is 0 Å². The van der Waals surface area contributed by atoms with Crippen LogP contribution in [0.3, 0.4) is 0 Å². The van der Waals surface area contributed by atoms with Crippen molar-refractivity contribution in [3.05, 3.63) is 47.6 Å². The van der Waals surface area contributed by atoms with Gasteiger partial charge in [-0.15, -0.1) is 17.9 Å². The maximum absolute atomic E-state index is 5.35. The third-order valence-electron chi connectivity index (χ3n) is 4.71. The molecule has 0 unspecified atom stereocenters. The van der Waals surface area contributed by atoms with Crippen LogP contribution in [-0.2, 0) is 22.4 Å². The fraction of sp³-hybridized carbons (Fsp3) is 0.381. The van der Waals surface area contributed by atoms with E-state index in [2.05, 4.69) is 27.5 Å². The Hall–Kier alpha value is -2.43. The van der Waals surface area contributed by atoms with E-state index in [1.165, 1.54) is 10.4 Å². The highest BCUT2D eigenvalue weighted by atomic mass is 32.1. The number of nitrogens with one attached hydrogen (secondary N) is 3. The van der Waals surface area contributed by atoms with Crippen LogP contribution >= 0.6 is 11.3 Å². The van der Waals surface area contributed by atoms with Gasteiger partial charge in [-0.3, -0.25) is 10.3 Å². The SMILES string of the molecule is C=CCOCOCNCCNc1nc(-c2ccncc2)nc2sc3c(c12)CCNC3. The summed E-state index contributed by atoms with van der Waals surface area (Å²) in [5.41, 5.74) is 2.33. The number of hydrogen-bond donors (Lipinski definition) is 3. The van der Waals surface area contributed by atoms with Gasteiger partial charge in [0.15, 0.2) is 5.82 Å². The molecule has 1 aliphatic heterocycles. The third-order valence-corrected chi connectivity index (χ3v) is 5.84. The van der Waals surface area contributed by atoms with Crippen LogP contribution in [0.4, 0.5) is 5.82 Å². The lowest BCUT2D eigenvalue weighted by Gasteiger charge is -2.14. The first-order valence-corrected chi connectivity index (χ1v) is 10.8. The number of thiophene rings is 1. The van der Waals surface area contributed by atoms with Crippen LogP contribution in [0.25, 0.3) is 21.6 Å². The molecular weight excluding hydrogens is 400 g/mol. The standard InChI is InChI=1S/C21H26N6O2S/c1-2-11-28-14-29-13-24-9-10-25-20-18-16-5-8-23-12-17(16)30-21(18)27-19(26-20)15-3-6-22-7-4-15/h2-4,6-7,23-24H,1,5,8-14H2,(H,25,26,27). The number of nitrogens with zero attached hydrogens (tertiary/aromatic N) is 3. The predicted octanol–water partition coefficient (Wildman–Crippen LogP) is 2.53. The summed E-state index contributed by atoms with van der Waals surface area (Å²) in [4.78, 5) is 16.2. The Morgan fingerprint density at radius 2 is 2.10 bits per heavy atom. The first kappa shape index (κ1) is 20.8. The van der Waals surface area contributed by atoms with Crippen LogP contribution in [0, 0.1) is 0 Å². The van der Waals surface area contributed by atoms with Gasteiger partial charge in [0.05, 0.1) is 18.7 Å². The van der Waals surface area contributed by atoms with Crippen molar-refractivity contribution in [2.75, 3.05) is 45.1 Å². The van der Waals surface area contributed by atoms with Crippen LogP contribution < -0.4 is 16.0 Å². The van der Waals surface area contributed by atoms with Crippen molar-refractivity contribution in [3.63, 3.8) is 0 Å². The number of hydrogen-bond acceptors (Lipinski definition) is 9. The third kappa shape index (κ3) is 5.00. The Kier molecular flexibility index (Phi) is 7.33. The minimum atomic E-state index is 0.253. The largest absolute Gasteiger partial charge is 0.368 e. The van der Waals surface area contributed by atoms with Crippen LogP contribution in [0.1, 0.15) is 10.4 Å². The second kappa shape index (κ2) is 10.6. The van der Waals surface area contributed by atoms with E-state index >= 15 is 0 Å². The van der Waals surface area contributed by atoms with E-state index in [-0.39, 0.29) is 6.79 Å². The van der Waals surface area contributed by atoms with Crippen molar-refractivity contribution >= 4 is 27.4 Å². The Balaban J connectivity index is 1.46. The fourth-order valence-electron chi connectivity index (χ4n) is 3.33. The van der Waals surface area contributed by atoms with Crippen LogP contribution in [-0.4, -0.2) is 54.7 Å². The lowest BCUT2D eigenvalue weighted by atomic mass is 10.1. The summed E-state index contributed by atoms with van der Waals surface area (Å²) in [5.74, 6) is 1.61. The molecule has 0 fully saturated rings. The molecule has 158 valence electrons. The van der Waals surface area contributed by atoms with Gasteiger partial charge in [-0.1, -0.05) is 6.08 Å². The highest BCUT2D eigenvalue weighted by molar-refractivity contribution is 7.19. The van der Waals surface area contributed by atoms with Crippen molar-refractivity contribution in [2.24, 2.45) is 0 Å². The van der Waals surface area contributed by atoms with Crippen LogP contribution in [0.2, 0.25) is 0 Å². The first-order chi connectivity index (χ1) is 14.9. The van der Waals surface area contributed by atoms with E-state index in [0.717, 1.165) is 60.0 Å². The molecule has 3 aromatic rings. The van der Waals surface area contributed by atoms with E-state index in [1.54, 1.807) is 29.8 Å². The zero-order chi connectivity index (χ0) is 20.6. The summed E-state index contributed by atoms with van der Waals surface area (Å²) >= 11 is 1.75. The van der Waals surface area contributed by atoms with E-state index in [4.69, 9.17) is 19.4 Å². The van der Waals surface area contributed by atoms with Gasteiger partial charge in [-0.2, -0.15) is 0 Å². The quantitative estimate of drug-likeness (QED) is 0.245. The summed E-state index contributed by atoms with van der Waals surface area (Å²) < 4.78 is 10.5. The monoisotopic (exact) mass is 426 g/mol. The van der Waals surface area contributed by atoms with Crippen molar-refractivity contribution < 1.29 is 9.47 Å². The lowest BCUT2D eigenvalue weighted by Crippen LogP contribution is -2.26. The smallest absolute Gasteiger partial charge is 0.163 e. The summed E-state index contributed by atoms with van der Waals surface area (Å²) in [6.45, 7) is 8.12. The highest BCUT2D eigenvalue weighted by Gasteiger charge is 2.21. The lowest BCUT2D eigenvalue weighted by molar-refractivity contribution is -0.0497. The molecule has 4 rings (SSSR count). The molecule has 30 heavy (non-hydrogen) atoms. The molecule has 0 saturated heterocycles. The molecule has 9 heteroatoms. The second-order valence-corrected chi connectivity index (χ2v) is 7.88. The molecule has 4 heterocycles. The van der Waals surface area contributed by atoms with Crippen molar-refractivity contribution in [3.8, 4) is 11.4 Å². The Morgan fingerprint density at radius 1 is 1.20 bits per heavy atom. The number of aromatic nitrogens is 3. The molecule has 3 N–H and O–H groups in total. The van der Waals surface area contributed by atoms with Crippen molar-refractivity contribution in [2.45, 2.75) is 13.0 Å². The Morgan fingerprint density at radius 3 is 2.97 bits per heavy atom. The summed E-state index contributed by atoms with van der Waals surface area (Å²) in [5, 5.41) is 11.3. The number of fused-ring (bicyclic) bond motifs is 3. The molecule has 8 nitrogen and oxygen atoms in total. The highest BCUT2D eigenvalue weighted by Crippen LogP contribution is 2.37. The number of pyridine rings is 1. The van der Waals surface area contributed by atoms with E-state index in [9.17, 15) is 0 Å². The van der Waals surface area contributed by atoms with Gasteiger partial charge >= 0.3 is 0 Å². The first-order valence-electron chi connectivity index (χ1n) is 10.0. The Labute approximate surface area is 179 Å². The van der Waals surface area contributed by atoms with E-state index in [0.29, 0.717) is 13.3 Å². The number of anilines is 1. The van der Waals surface area contributed by atoms with Gasteiger partial charge in [-0.05, 0) is 30.7 Å². The van der Waals surface area contributed by atoms with Gasteiger partial charge in [-0.25, -0.2) is 9.97 Å². The van der Waals surface area contributed by atoms with Crippen LogP contribution in [0.15, 0.2) is 37.2 Å². The molecule has 3 aromatic heterocycles. The Bertz CT molecular complexity index is 979. The molecule has 0 atom stereocenters. The fourth-order valence-corrected chi connectivity index (χ4v) is 4.52. The minimum absolute atomic E-state index is 0.253. The van der Waals surface area contributed by atoms with E-state index in [1.807, 2.05) is 12.1 Å². The summed E-state index contributed by atoms with van der Waals surface area (Å²) in [6, 6.07) is 3.88. The summed E-state index contributed by atoms with van der Waals surface area (Å²) in [6.07, 6.45) is 6.23. The maximum atomic E-state index is 5.35. The molecule has 0 radical (unpaired) electrons. The molecule has 0 saturated carbocycles. The van der Waals surface area contributed by atoms with Gasteiger partial charge in [0.25, 0.3) is 0 Å². The van der Waals surface area contributed by atoms with Gasteiger partial charge in [0.2, 0.25) is 0 Å². The average Bonchev–Trinajstić information content (AvgIpc) is 3.17. The van der Waals surface area contributed by atoms with E-state index < -0.39 is 0 Å². The molecule has 0 spiro atoms. The molecule has 0 aromatic carbocycles. The predicted molar refractivity (Wildman–Crippen MR) is 120 cm³/mol. The number of rotatable bonds is 11. The molecule has 0 amide bonds. The maximum Gasteiger partial charge on any atom is 0.163 e. The van der Waals surface area contributed by atoms with Gasteiger partial charge in [0, 0.05) is 42.5 Å². The van der Waals surface area contributed by atoms with Crippen molar-refractivity contribution in [1.82, 2.24) is 25.6 Å².